The fourth-order valence-corrected chi connectivity index (χ4v) is 3.00. The number of carbonyl (C=O) groups excluding carboxylic acids is 1. The van der Waals surface area contributed by atoms with Crippen molar-refractivity contribution in [1.82, 2.24) is 4.90 Å². The number of rotatable bonds is 4. The summed E-state index contributed by atoms with van der Waals surface area (Å²) in [4.78, 5) is 14.4. The number of carbonyl (C=O) groups is 1. The number of fused-ring (bicyclic) bond motifs is 1. The van der Waals surface area contributed by atoms with Crippen LogP contribution in [0.25, 0.3) is 0 Å². The molecular formula is C19H15FN2O2. The van der Waals surface area contributed by atoms with Gasteiger partial charge in [0, 0.05) is 16.8 Å². The predicted molar refractivity (Wildman–Crippen MR) is 87.8 cm³/mol. The minimum Gasteiger partial charge on any atom is -0.467 e. The number of amides is 1. The van der Waals surface area contributed by atoms with Crippen LogP contribution >= 0.6 is 0 Å². The summed E-state index contributed by atoms with van der Waals surface area (Å²) in [5, 5.41) is 3.25. The van der Waals surface area contributed by atoms with Crippen molar-refractivity contribution < 1.29 is 13.6 Å². The monoisotopic (exact) mass is 322 g/mol. The molecular weight excluding hydrogens is 307 g/mol. The second-order valence-electron chi connectivity index (χ2n) is 5.66. The third-order valence-electron chi connectivity index (χ3n) is 4.09. The topological polar surface area (TPSA) is 45.5 Å². The lowest BCUT2D eigenvalue weighted by molar-refractivity contribution is 0.0715. The van der Waals surface area contributed by atoms with E-state index < -0.39 is 0 Å². The second-order valence-corrected chi connectivity index (χ2v) is 5.66. The molecule has 2 aromatic carbocycles. The molecule has 0 radical (unpaired) electrons. The number of hydrogen-bond donors (Lipinski definition) is 1. The van der Waals surface area contributed by atoms with Gasteiger partial charge < -0.3 is 14.6 Å². The van der Waals surface area contributed by atoms with Crippen molar-refractivity contribution >= 4 is 11.6 Å². The molecule has 1 amide bonds. The van der Waals surface area contributed by atoms with Crippen LogP contribution in [0.3, 0.4) is 0 Å². The smallest absolute Gasteiger partial charge is 0.256 e. The van der Waals surface area contributed by atoms with Gasteiger partial charge in [0.1, 0.15) is 17.7 Å². The standard InChI is InChI=1S/C19H15FN2O2/c20-13-5-3-6-14(11-13)21-18-16-8-1-2-9-17(16)19(23)22(18)12-15-7-4-10-24-15/h1-11,18,21H,12H2. The maximum atomic E-state index is 13.5. The first-order chi connectivity index (χ1) is 11.7. The summed E-state index contributed by atoms with van der Waals surface area (Å²) < 4.78 is 18.9. The molecule has 0 saturated heterocycles. The number of anilines is 1. The van der Waals surface area contributed by atoms with Crippen LogP contribution in [0, 0.1) is 5.82 Å². The van der Waals surface area contributed by atoms with Gasteiger partial charge in [-0.3, -0.25) is 4.79 Å². The molecule has 1 aromatic heterocycles. The normalized spacial score (nSPS) is 16.3. The van der Waals surface area contributed by atoms with E-state index in [0.717, 1.165) is 5.56 Å². The maximum absolute atomic E-state index is 13.5. The molecule has 1 unspecified atom stereocenters. The van der Waals surface area contributed by atoms with Gasteiger partial charge in [0.25, 0.3) is 5.91 Å². The summed E-state index contributed by atoms with van der Waals surface area (Å²) in [6.07, 6.45) is 1.21. The van der Waals surface area contributed by atoms with Gasteiger partial charge in [0.05, 0.1) is 12.8 Å². The van der Waals surface area contributed by atoms with Crippen molar-refractivity contribution in [3.8, 4) is 0 Å². The fraction of sp³-hybridized carbons (Fsp3) is 0.105. The zero-order valence-corrected chi connectivity index (χ0v) is 12.8. The zero-order valence-electron chi connectivity index (χ0n) is 12.8. The SMILES string of the molecule is O=C1c2ccccc2C(Nc2cccc(F)c2)N1Cc1ccco1. The van der Waals surface area contributed by atoms with Crippen LogP contribution in [0.1, 0.15) is 27.8 Å². The molecule has 4 rings (SSSR count). The molecule has 0 saturated carbocycles. The fourth-order valence-electron chi connectivity index (χ4n) is 3.00. The lowest BCUT2D eigenvalue weighted by Gasteiger charge is -2.26. The molecule has 5 heteroatoms. The summed E-state index contributed by atoms with van der Waals surface area (Å²) >= 11 is 0. The Labute approximate surface area is 138 Å². The lowest BCUT2D eigenvalue weighted by atomic mass is 10.1. The first kappa shape index (κ1) is 14.5. The summed E-state index contributed by atoms with van der Waals surface area (Å²) in [5.74, 6) is 0.299. The molecule has 1 atom stereocenters. The highest BCUT2D eigenvalue weighted by molar-refractivity contribution is 5.99. The summed E-state index contributed by atoms with van der Waals surface area (Å²) in [6.45, 7) is 0.341. The highest BCUT2D eigenvalue weighted by Crippen LogP contribution is 2.35. The quantitative estimate of drug-likeness (QED) is 0.783. The van der Waals surface area contributed by atoms with Crippen LogP contribution in [0.15, 0.2) is 71.3 Å². The highest BCUT2D eigenvalue weighted by Gasteiger charge is 2.36. The second kappa shape index (κ2) is 5.85. The van der Waals surface area contributed by atoms with Crippen molar-refractivity contribution in [3.63, 3.8) is 0 Å². The van der Waals surface area contributed by atoms with Crippen molar-refractivity contribution in [2.75, 3.05) is 5.32 Å². The van der Waals surface area contributed by atoms with Crippen molar-refractivity contribution in [1.29, 1.82) is 0 Å². The van der Waals surface area contributed by atoms with Gasteiger partial charge in [-0.1, -0.05) is 24.3 Å². The Morgan fingerprint density at radius 2 is 1.96 bits per heavy atom. The molecule has 0 bridgehead atoms. The van der Waals surface area contributed by atoms with Crippen molar-refractivity contribution in [2.24, 2.45) is 0 Å². The molecule has 4 nitrogen and oxygen atoms in total. The highest BCUT2D eigenvalue weighted by atomic mass is 19.1. The van der Waals surface area contributed by atoms with E-state index >= 15 is 0 Å². The molecule has 1 N–H and O–H groups in total. The Morgan fingerprint density at radius 1 is 1.08 bits per heavy atom. The van der Waals surface area contributed by atoms with Crippen LogP contribution in [-0.2, 0) is 6.54 Å². The Balaban J connectivity index is 1.70. The van der Waals surface area contributed by atoms with Crippen molar-refractivity contribution in [2.45, 2.75) is 12.7 Å². The summed E-state index contributed by atoms with van der Waals surface area (Å²) in [5.41, 5.74) is 2.14. The van der Waals surface area contributed by atoms with Crippen LogP contribution < -0.4 is 5.32 Å². The number of benzene rings is 2. The van der Waals surface area contributed by atoms with E-state index in [2.05, 4.69) is 5.32 Å². The number of nitrogens with one attached hydrogen (secondary N) is 1. The largest absolute Gasteiger partial charge is 0.467 e. The average Bonchev–Trinajstić information content (AvgIpc) is 3.18. The van der Waals surface area contributed by atoms with Crippen LogP contribution in [0.2, 0.25) is 0 Å². The maximum Gasteiger partial charge on any atom is 0.256 e. The van der Waals surface area contributed by atoms with Gasteiger partial charge in [-0.2, -0.15) is 0 Å². The van der Waals surface area contributed by atoms with Crippen LogP contribution in [0.4, 0.5) is 10.1 Å². The van der Waals surface area contributed by atoms with Gasteiger partial charge in [0.15, 0.2) is 0 Å². The number of hydrogen-bond acceptors (Lipinski definition) is 3. The van der Waals surface area contributed by atoms with E-state index in [9.17, 15) is 9.18 Å². The Bertz CT molecular complexity index is 877. The first-order valence-corrected chi connectivity index (χ1v) is 7.67. The van der Waals surface area contributed by atoms with Gasteiger partial charge in [0.2, 0.25) is 0 Å². The van der Waals surface area contributed by atoms with E-state index in [1.165, 1.54) is 12.1 Å². The minimum absolute atomic E-state index is 0.0732. The van der Waals surface area contributed by atoms with Crippen LogP contribution in [-0.4, -0.2) is 10.8 Å². The minimum atomic E-state index is -0.374. The zero-order chi connectivity index (χ0) is 16.5. The molecule has 1 aliphatic heterocycles. The number of halogens is 1. The van der Waals surface area contributed by atoms with Gasteiger partial charge in [-0.25, -0.2) is 4.39 Å². The third kappa shape index (κ3) is 2.54. The number of nitrogens with zero attached hydrogens (tertiary/aromatic N) is 1. The summed E-state index contributed by atoms with van der Waals surface area (Å²) in [7, 11) is 0. The number of furan rings is 1. The van der Waals surface area contributed by atoms with E-state index in [1.807, 2.05) is 24.3 Å². The molecule has 0 spiro atoms. The van der Waals surface area contributed by atoms with Gasteiger partial charge in [-0.15, -0.1) is 0 Å². The van der Waals surface area contributed by atoms with E-state index in [1.54, 1.807) is 35.4 Å². The molecule has 0 fully saturated rings. The molecule has 0 aliphatic carbocycles. The third-order valence-corrected chi connectivity index (χ3v) is 4.09. The molecule has 3 aromatic rings. The first-order valence-electron chi connectivity index (χ1n) is 7.67. The predicted octanol–water partition coefficient (Wildman–Crippen LogP) is 4.19. The van der Waals surface area contributed by atoms with E-state index in [4.69, 9.17) is 4.42 Å². The molecule has 120 valence electrons. The lowest BCUT2D eigenvalue weighted by Crippen LogP contribution is -2.31. The van der Waals surface area contributed by atoms with Crippen LogP contribution in [0.5, 0.6) is 0 Å². The van der Waals surface area contributed by atoms with E-state index in [0.29, 0.717) is 23.6 Å². The van der Waals surface area contributed by atoms with Crippen molar-refractivity contribution in [3.05, 3.63) is 89.6 Å². The Morgan fingerprint density at radius 3 is 2.75 bits per heavy atom. The average molecular weight is 322 g/mol. The van der Waals surface area contributed by atoms with Gasteiger partial charge in [-0.05, 0) is 36.4 Å². The Kier molecular flexibility index (Phi) is 3.54. The van der Waals surface area contributed by atoms with E-state index in [-0.39, 0.29) is 17.9 Å². The molecule has 1 aliphatic rings. The summed E-state index contributed by atoms with van der Waals surface area (Å²) in [6, 6.07) is 17.3. The van der Waals surface area contributed by atoms with Gasteiger partial charge >= 0.3 is 0 Å². The Hall–Kier alpha value is -3.08. The molecule has 2 heterocycles. The molecule has 24 heavy (non-hydrogen) atoms.